The van der Waals surface area contributed by atoms with Crippen LogP contribution in [0.25, 0.3) is 6.08 Å². The number of carbonyl (C=O) groups is 3. The van der Waals surface area contributed by atoms with Crippen LogP contribution in [-0.4, -0.2) is 24.5 Å². The Bertz CT molecular complexity index is 1310. The maximum atomic E-state index is 13.3. The van der Waals surface area contributed by atoms with Gasteiger partial charge in [-0.2, -0.15) is 0 Å². The van der Waals surface area contributed by atoms with Crippen LogP contribution in [0.4, 0.5) is 10.5 Å². The van der Waals surface area contributed by atoms with E-state index in [1.165, 1.54) is 6.08 Å². The summed E-state index contributed by atoms with van der Waals surface area (Å²) in [6.07, 6.45) is 1.41. The van der Waals surface area contributed by atoms with E-state index in [-0.39, 0.29) is 5.57 Å². The molecule has 4 rings (SSSR count). The molecular weight excluding hydrogens is 580 g/mol. The molecule has 0 spiro atoms. The molecule has 3 aromatic carbocycles. The number of hydrogen-bond donors (Lipinski definition) is 1. The van der Waals surface area contributed by atoms with E-state index in [1.807, 2.05) is 37.3 Å². The summed E-state index contributed by atoms with van der Waals surface area (Å²) >= 11 is 6.85. The molecule has 1 heterocycles. The number of rotatable bonds is 7. The van der Waals surface area contributed by atoms with Gasteiger partial charge in [0.1, 0.15) is 23.7 Å². The maximum absolute atomic E-state index is 13.3. The minimum absolute atomic E-state index is 0.194. The summed E-state index contributed by atoms with van der Waals surface area (Å²) in [5.41, 5.74) is 1.63. The van der Waals surface area contributed by atoms with Crippen LogP contribution in [0.2, 0.25) is 0 Å². The highest BCUT2D eigenvalue weighted by atomic mass is 79.9. The highest BCUT2D eigenvalue weighted by Crippen LogP contribution is 2.35. The first kappa shape index (κ1) is 24.7. The lowest BCUT2D eigenvalue weighted by atomic mass is 10.1. The van der Waals surface area contributed by atoms with Gasteiger partial charge in [0, 0.05) is 10.0 Å². The second kappa shape index (κ2) is 10.9. The summed E-state index contributed by atoms with van der Waals surface area (Å²) < 4.78 is 12.8. The van der Waals surface area contributed by atoms with E-state index in [0.717, 1.165) is 14.9 Å². The molecule has 4 amide bonds. The second-order valence-corrected chi connectivity index (χ2v) is 9.24. The lowest BCUT2D eigenvalue weighted by molar-refractivity contribution is -0.122. The smallest absolute Gasteiger partial charge is 0.335 e. The molecule has 9 heteroatoms. The molecule has 1 aliphatic heterocycles. The van der Waals surface area contributed by atoms with Crippen molar-refractivity contribution in [3.8, 4) is 11.5 Å². The topological polar surface area (TPSA) is 84.9 Å². The summed E-state index contributed by atoms with van der Waals surface area (Å²) in [5, 5.41) is 2.23. The first-order chi connectivity index (χ1) is 16.9. The zero-order valence-electron chi connectivity index (χ0n) is 18.6. The van der Waals surface area contributed by atoms with Gasteiger partial charge in [-0.15, -0.1) is 0 Å². The lowest BCUT2D eigenvalue weighted by Crippen LogP contribution is -2.54. The van der Waals surface area contributed by atoms with Crippen molar-refractivity contribution >= 4 is 61.5 Å². The first-order valence-electron chi connectivity index (χ1n) is 10.7. The fourth-order valence-corrected chi connectivity index (χ4v) is 4.84. The van der Waals surface area contributed by atoms with Gasteiger partial charge >= 0.3 is 6.03 Å². The molecule has 1 aliphatic rings. The Balaban J connectivity index is 1.60. The lowest BCUT2D eigenvalue weighted by Gasteiger charge is -2.26. The van der Waals surface area contributed by atoms with Gasteiger partial charge in [-0.05, 0) is 70.9 Å². The van der Waals surface area contributed by atoms with Gasteiger partial charge in [0.15, 0.2) is 0 Å². The standard InChI is InChI=1S/C26H20Br2N2O5/c1-2-34-23-17(12-18(27)14-22(23)28)13-21-24(31)29-26(33)30(25(21)32)19-8-10-20(11-9-19)35-15-16-6-4-3-5-7-16/h3-14H,2,15H2,1H3,(H,29,31,33)/b21-13+. The molecule has 178 valence electrons. The summed E-state index contributed by atoms with van der Waals surface area (Å²) in [5.74, 6) is -0.463. The monoisotopic (exact) mass is 598 g/mol. The zero-order chi connectivity index (χ0) is 24.9. The zero-order valence-corrected chi connectivity index (χ0v) is 21.8. The number of halogens is 2. The number of hydrogen-bond acceptors (Lipinski definition) is 5. The van der Waals surface area contributed by atoms with E-state index in [1.54, 1.807) is 36.4 Å². The Kier molecular flexibility index (Phi) is 7.67. The van der Waals surface area contributed by atoms with E-state index < -0.39 is 17.8 Å². The van der Waals surface area contributed by atoms with Gasteiger partial charge < -0.3 is 9.47 Å². The van der Waals surface area contributed by atoms with Crippen molar-refractivity contribution in [1.29, 1.82) is 0 Å². The van der Waals surface area contributed by atoms with Crippen LogP contribution in [0.1, 0.15) is 18.1 Å². The van der Waals surface area contributed by atoms with Crippen molar-refractivity contribution < 1.29 is 23.9 Å². The van der Waals surface area contributed by atoms with Crippen LogP contribution in [0.15, 0.2) is 81.2 Å². The summed E-state index contributed by atoms with van der Waals surface area (Å²) in [6, 6.07) is 18.9. The van der Waals surface area contributed by atoms with Crippen LogP contribution in [0.5, 0.6) is 11.5 Å². The quantitative estimate of drug-likeness (QED) is 0.272. The minimum Gasteiger partial charge on any atom is -0.492 e. The van der Waals surface area contributed by atoms with Crippen LogP contribution in [-0.2, 0) is 16.2 Å². The fraction of sp³-hybridized carbons (Fsp3) is 0.115. The van der Waals surface area contributed by atoms with E-state index in [4.69, 9.17) is 9.47 Å². The Hall–Kier alpha value is -3.43. The van der Waals surface area contributed by atoms with Gasteiger partial charge in [0.25, 0.3) is 11.8 Å². The number of anilines is 1. The van der Waals surface area contributed by atoms with Crippen LogP contribution in [0, 0.1) is 0 Å². The maximum Gasteiger partial charge on any atom is 0.335 e. The summed E-state index contributed by atoms with van der Waals surface area (Å²) in [4.78, 5) is 39.3. The van der Waals surface area contributed by atoms with Gasteiger partial charge in [-0.3, -0.25) is 14.9 Å². The molecule has 35 heavy (non-hydrogen) atoms. The molecule has 0 atom stereocenters. The van der Waals surface area contributed by atoms with E-state index >= 15 is 0 Å². The van der Waals surface area contributed by atoms with Gasteiger partial charge in [-0.1, -0.05) is 46.3 Å². The van der Waals surface area contributed by atoms with Crippen LogP contribution < -0.4 is 19.7 Å². The van der Waals surface area contributed by atoms with Crippen molar-refractivity contribution in [1.82, 2.24) is 5.32 Å². The number of ether oxygens (including phenoxy) is 2. The molecule has 3 aromatic rings. The Morgan fingerprint density at radius 3 is 2.34 bits per heavy atom. The minimum atomic E-state index is -0.824. The van der Waals surface area contributed by atoms with Crippen molar-refractivity contribution in [3.05, 3.63) is 92.4 Å². The van der Waals surface area contributed by atoms with Gasteiger partial charge in [0.05, 0.1) is 16.8 Å². The Morgan fingerprint density at radius 2 is 1.66 bits per heavy atom. The van der Waals surface area contributed by atoms with Gasteiger partial charge in [0.2, 0.25) is 0 Å². The number of carbonyl (C=O) groups excluding carboxylic acids is 3. The van der Waals surface area contributed by atoms with Crippen molar-refractivity contribution in [2.45, 2.75) is 13.5 Å². The number of benzene rings is 3. The molecule has 1 fully saturated rings. The number of urea groups is 1. The molecule has 0 aromatic heterocycles. The molecule has 0 bridgehead atoms. The van der Waals surface area contributed by atoms with Gasteiger partial charge in [-0.25, -0.2) is 9.69 Å². The molecule has 1 saturated heterocycles. The number of imide groups is 2. The molecule has 1 N–H and O–H groups in total. The summed E-state index contributed by atoms with van der Waals surface area (Å²) in [6.45, 7) is 2.60. The number of amides is 4. The highest BCUT2D eigenvalue weighted by Gasteiger charge is 2.37. The molecule has 0 unspecified atom stereocenters. The number of nitrogens with one attached hydrogen (secondary N) is 1. The molecule has 0 saturated carbocycles. The first-order valence-corrected chi connectivity index (χ1v) is 12.3. The van der Waals surface area contributed by atoms with E-state index in [9.17, 15) is 14.4 Å². The third-order valence-corrected chi connectivity index (χ3v) is 6.12. The van der Waals surface area contributed by atoms with E-state index in [2.05, 4.69) is 37.2 Å². The third-order valence-electron chi connectivity index (χ3n) is 5.07. The summed E-state index contributed by atoms with van der Waals surface area (Å²) in [7, 11) is 0. The van der Waals surface area contributed by atoms with Crippen molar-refractivity contribution in [2.75, 3.05) is 11.5 Å². The predicted octanol–water partition coefficient (Wildman–Crippen LogP) is 5.86. The van der Waals surface area contributed by atoms with Crippen LogP contribution in [0.3, 0.4) is 0 Å². The average molecular weight is 600 g/mol. The Morgan fingerprint density at radius 1 is 0.943 bits per heavy atom. The SMILES string of the molecule is CCOc1c(Br)cc(Br)cc1/C=C1\C(=O)NC(=O)N(c2ccc(OCc3ccccc3)cc2)C1=O. The van der Waals surface area contributed by atoms with E-state index in [0.29, 0.717) is 40.4 Å². The van der Waals surface area contributed by atoms with Crippen molar-refractivity contribution in [2.24, 2.45) is 0 Å². The average Bonchev–Trinajstić information content (AvgIpc) is 2.84. The fourth-order valence-electron chi connectivity index (χ4n) is 3.46. The highest BCUT2D eigenvalue weighted by molar-refractivity contribution is 9.11. The number of barbiturate groups is 1. The predicted molar refractivity (Wildman–Crippen MR) is 139 cm³/mol. The molecule has 0 radical (unpaired) electrons. The third kappa shape index (κ3) is 5.63. The van der Waals surface area contributed by atoms with Crippen molar-refractivity contribution in [3.63, 3.8) is 0 Å². The number of nitrogens with zero attached hydrogens (tertiary/aromatic N) is 1. The molecule has 7 nitrogen and oxygen atoms in total. The molecular formula is C26H20Br2N2O5. The van der Waals surface area contributed by atoms with Crippen LogP contribution >= 0.6 is 31.9 Å². The Labute approximate surface area is 219 Å². The normalized spacial score (nSPS) is 14.8. The molecule has 0 aliphatic carbocycles. The second-order valence-electron chi connectivity index (χ2n) is 7.47. The largest absolute Gasteiger partial charge is 0.492 e.